The molecule has 0 saturated heterocycles. The molecule has 2 aliphatic rings. The van der Waals surface area contributed by atoms with Crippen LogP contribution in [0, 0.1) is 29.1 Å². The van der Waals surface area contributed by atoms with Crippen molar-refractivity contribution >= 4 is 24.1 Å². The van der Waals surface area contributed by atoms with Gasteiger partial charge in [-0.25, -0.2) is 4.79 Å². The summed E-state index contributed by atoms with van der Waals surface area (Å²) in [5.41, 5.74) is -0.512. The molecule has 214 valence electrons. The van der Waals surface area contributed by atoms with Crippen LogP contribution in [-0.4, -0.2) is 55.5 Å². The molecule has 2 saturated carbocycles. The molecule has 10 heteroatoms. The van der Waals surface area contributed by atoms with Crippen LogP contribution in [0.15, 0.2) is 23.7 Å². The van der Waals surface area contributed by atoms with Crippen LogP contribution in [0.2, 0.25) is 0 Å². The lowest BCUT2D eigenvalue weighted by Crippen LogP contribution is -2.55. The van der Waals surface area contributed by atoms with Gasteiger partial charge in [0.2, 0.25) is 11.8 Å². The van der Waals surface area contributed by atoms with Crippen molar-refractivity contribution in [1.82, 2.24) is 21.3 Å². The summed E-state index contributed by atoms with van der Waals surface area (Å²) in [6.45, 7) is 11.7. The standard InChI is InChI=1S/C28H47N5O5/c1-8-20-11-19-12-21(14-22(13-19)31-27(36)37-7)24(20)32-25(35)23(15-29)26(38-16-17(2)3)30-10-9-28(5,6)33-18(4)34/h9-10,15,17,19-22,24,29-30H,8,11-14,16H2,1-7H3,(H,31,36)(H,32,35)(H,33,34)/b10-9+,26-23-,29-15?/t19?,20?,21?,22-,24+/m0/s1. The molecule has 0 aromatic carbocycles. The predicted molar refractivity (Wildman–Crippen MR) is 147 cm³/mol. The Morgan fingerprint density at radius 3 is 2.39 bits per heavy atom. The summed E-state index contributed by atoms with van der Waals surface area (Å²) in [6.07, 6.45) is 8.58. The van der Waals surface area contributed by atoms with E-state index in [0.717, 1.165) is 38.3 Å². The van der Waals surface area contributed by atoms with E-state index in [9.17, 15) is 14.4 Å². The number of fused-ring (bicyclic) bond motifs is 2. The summed E-state index contributed by atoms with van der Waals surface area (Å²) in [5, 5.41) is 20.1. The molecule has 0 radical (unpaired) electrons. The van der Waals surface area contributed by atoms with E-state index in [2.05, 4.69) is 28.2 Å². The van der Waals surface area contributed by atoms with Crippen molar-refractivity contribution in [3.8, 4) is 0 Å². The quantitative estimate of drug-likeness (QED) is 0.147. The first kappa shape index (κ1) is 31.2. The minimum absolute atomic E-state index is 0.0184. The highest BCUT2D eigenvalue weighted by molar-refractivity contribution is 6.11. The topological polar surface area (TPSA) is 142 Å². The number of methoxy groups -OCH3 is 1. The minimum Gasteiger partial charge on any atom is -0.478 e. The van der Waals surface area contributed by atoms with E-state index in [-0.39, 0.29) is 47.2 Å². The molecule has 2 bridgehead atoms. The van der Waals surface area contributed by atoms with Gasteiger partial charge in [0.05, 0.1) is 19.3 Å². The molecule has 5 atom stereocenters. The van der Waals surface area contributed by atoms with Crippen molar-refractivity contribution in [2.75, 3.05) is 13.7 Å². The summed E-state index contributed by atoms with van der Waals surface area (Å²) >= 11 is 0. The number of alkyl carbamates (subject to hydrolysis) is 1. The van der Waals surface area contributed by atoms with E-state index in [1.807, 2.05) is 27.7 Å². The molecule has 2 fully saturated rings. The molecule has 3 amide bonds. The van der Waals surface area contributed by atoms with E-state index < -0.39 is 11.6 Å². The number of carbonyl (C=O) groups excluding carboxylic acids is 3. The summed E-state index contributed by atoms with van der Waals surface area (Å²) in [5.74, 6) is 0.913. The van der Waals surface area contributed by atoms with E-state index in [1.54, 1.807) is 12.3 Å². The molecule has 2 aliphatic carbocycles. The molecule has 0 spiro atoms. The lowest BCUT2D eigenvalue weighted by Gasteiger charge is -2.47. The molecular formula is C28H47N5O5. The second-order valence-electron chi connectivity index (χ2n) is 11.5. The predicted octanol–water partition coefficient (Wildman–Crippen LogP) is 3.59. The Morgan fingerprint density at radius 1 is 1.11 bits per heavy atom. The maximum atomic E-state index is 13.6. The Bertz CT molecular complexity index is 913. The Balaban J connectivity index is 2.25. The number of carbonyl (C=O) groups is 3. The van der Waals surface area contributed by atoms with Crippen molar-refractivity contribution in [2.24, 2.45) is 23.7 Å². The van der Waals surface area contributed by atoms with Crippen molar-refractivity contribution in [1.29, 1.82) is 5.41 Å². The molecule has 0 aromatic heterocycles. The first-order chi connectivity index (χ1) is 17.9. The first-order valence-electron chi connectivity index (χ1n) is 13.6. The fourth-order valence-corrected chi connectivity index (χ4v) is 5.66. The molecular weight excluding hydrogens is 486 g/mol. The van der Waals surface area contributed by atoms with Gasteiger partial charge < -0.3 is 36.2 Å². The molecule has 5 N–H and O–H groups in total. The Hall–Kier alpha value is -3.04. The maximum absolute atomic E-state index is 13.6. The summed E-state index contributed by atoms with van der Waals surface area (Å²) < 4.78 is 10.7. The fraction of sp³-hybridized carbons (Fsp3) is 0.714. The number of hydrogen-bond donors (Lipinski definition) is 5. The molecule has 10 nitrogen and oxygen atoms in total. The maximum Gasteiger partial charge on any atom is 0.407 e. The van der Waals surface area contributed by atoms with Crippen molar-refractivity contribution in [3.05, 3.63) is 23.7 Å². The van der Waals surface area contributed by atoms with Crippen molar-refractivity contribution in [3.63, 3.8) is 0 Å². The number of ether oxygens (including phenoxy) is 2. The second-order valence-corrected chi connectivity index (χ2v) is 11.5. The zero-order valence-electron chi connectivity index (χ0n) is 24.0. The number of nitrogens with one attached hydrogen (secondary N) is 5. The third kappa shape index (κ3) is 9.36. The van der Waals surface area contributed by atoms with Gasteiger partial charge in [-0.1, -0.05) is 27.2 Å². The number of rotatable bonds is 12. The van der Waals surface area contributed by atoms with Crippen LogP contribution in [0.1, 0.15) is 73.6 Å². The molecule has 0 aromatic rings. The lowest BCUT2D eigenvalue weighted by molar-refractivity contribution is -0.120. The van der Waals surface area contributed by atoms with Gasteiger partial charge in [-0.2, -0.15) is 0 Å². The highest BCUT2D eigenvalue weighted by Gasteiger charge is 2.43. The fourth-order valence-electron chi connectivity index (χ4n) is 5.66. The highest BCUT2D eigenvalue weighted by Crippen LogP contribution is 2.44. The van der Waals surface area contributed by atoms with Gasteiger partial charge in [0.15, 0.2) is 0 Å². The average Bonchev–Trinajstić information content (AvgIpc) is 2.82. The van der Waals surface area contributed by atoms with Crippen LogP contribution in [0.4, 0.5) is 4.79 Å². The first-order valence-corrected chi connectivity index (χ1v) is 13.6. The second kappa shape index (κ2) is 14.2. The largest absolute Gasteiger partial charge is 0.478 e. The zero-order valence-corrected chi connectivity index (χ0v) is 24.0. The molecule has 0 aliphatic heterocycles. The van der Waals surface area contributed by atoms with Gasteiger partial charge >= 0.3 is 6.09 Å². The summed E-state index contributed by atoms with van der Waals surface area (Å²) in [7, 11) is 1.36. The lowest BCUT2D eigenvalue weighted by atomic mass is 9.63. The third-order valence-electron chi connectivity index (χ3n) is 7.23. The van der Waals surface area contributed by atoms with E-state index in [0.29, 0.717) is 18.4 Å². The number of hydrogen-bond acceptors (Lipinski definition) is 7. The smallest absolute Gasteiger partial charge is 0.407 e. The summed E-state index contributed by atoms with van der Waals surface area (Å²) in [4.78, 5) is 36.8. The van der Waals surface area contributed by atoms with Gasteiger partial charge in [0, 0.05) is 31.4 Å². The van der Waals surface area contributed by atoms with Gasteiger partial charge in [-0.15, -0.1) is 0 Å². The molecule has 0 heterocycles. The van der Waals surface area contributed by atoms with Crippen LogP contribution >= 0.6 is 0 Å². The monoisotopic (exact) mass is 533 g/mol. The Kier molecular flexibility index (Phi) is 11.7. The molecule has 2 rings (SSSR count). The van der Waals surface area contributed by atoms with Gasteiger partial charge in [-0.05, 0) is 69.3 Å². The summed E-state index contributed by atoms with van der Waals surface area (Å²) in [6, 6.07) is -0.0496. The van der Waals surface area contributed by atoms with Crippen LogP contribution < -0.4 is 21.3 Å². The highest BCUT2D eigenvalue weighted by atomic mass is 16.5. The van der Waals surface area contributed by atoms with Crippen LogP contribution in [0.5, 0.6) is 0 Å². The zero-order chi connectivity index (χ0) is 28.5. The number of amides is 3. The third-order valence-corrected chi connectivity index (χ3v) is 7.23. The van der Waals surface area contributed by atoms with Crippen molar-refractivity contribution in [2.45, 2.75) is 91.3 Å². The SMILES string of the molecule is CCC1CC2CC(C[C@@H](NC(=O)OC)C2)[C@@H]1NC(=O)/C(C=N)=C(/N/C=C/C(C)(C)NC(C)=O)OCC(C)C. The van der Waals surface area contributed by atoms with Crippen LogP contribution in [0.3, 0.4) is 0 Å². The van der Waals surface area contributed by atoms with E-state index in [1.165, 1.54) is 14.0 Å². The normalized spacial score (nSPS) is 25.7. The molecule has 3 unspecified atom stereocenters. The average molecular weight is 534 g/mol. The van der Waals surface area contributed by atoms with E-state index >= 15 is 0 Å². The van der Waals surface area contributed by atoms with Crippen LogP contribution in [-0.2, 0) is 19.1 Å². The van der Waals surface area contributed by atoms with Crippen molar-refractivity contribution < 1.29 is 23.9 Å². The Labute approximate surface area is 227 Å². The van der Waals surface area contributed by atoms with Gasteiger partial charge in [-0.3, -0.25) is 9.59 Å². The van der Waals surface area contributed by atoms with E-state index in [4.69, 9.17) is 14.9 Å². The van der Waals surface area contributed by atoms with Gasteiger partial charge in [0.1, 0.15) is 5.57 Å². The molecule has 38 heavy (non-hydrogen) atoms. The Morgan fingerprint density at radius 2 is 1.82 bits per heavy atom. The van der Waals surface area contributed by atoms with Crippen LogP contribution in [0.25, 0.3) is 0 Å². The minimum atomic E-state index is -0.613. The van der Waals surface area contributed by atoms with Gasteiger partial charge in [0.25, 0.3) is 5.91 Å².